The zero-order chi connectivity index (χ0) is 17.7. The van der Waals surface area contributed by atoms with Crippen LogP contribution in [-0.4, -0.2) is 28.4 Å². The molecule has 0 unspecified atom stereocenters. The first-order valence-corrected chi connectivity index (χ1v) is 8.00. The molecule has 0 bridgehead atoms. The number of isothiocyanates is 1. The lowest BCUT2D eigenvalue weighted by Gasteiger charge is -2.19. The normalized spacial score (nSPS) is 11.2. The minimum atomic E-state index is -0.590. The lowest BCUT2D eigenvalue weighted by Crippen LogP contribution is -2.32. The van der Waals surface area contributed by atoms with Gasteiger partial charge in [0, 0.05) is 35.1 Å². The predicted molar refractivity (Wildman–Crippen MR) is 94.9 cm³/mol. The van der Waals surface area contributed by atoms with Gasteiger partial charge in [0.15, 0.2) is 0 Å². The zero-order valence-electron chi connectivity index (χ0n) is 13.9. The summed E-state index contributed by atoms with van der Waals surface area (Å²) in [4.78, 5) is 18.7. The molecule has 2 rings (SSSR count). The Hall–Kier alpha value is -2.24. The second-order valence-corrected chi connectivity index (χ2v) is 6.56. The number of hydrogen-bond donors (Lipinski definition) is 2. The highest BCUT2D eigenvalue weighted by Gasteiger charge is 2.17. The van der Waals surface area contributed by atoms with Gasteiger partial charge >= 0.3 is 6.09 Å². The van der Waals surface area contributed by atoms with Crippen LogP contribution < -0.4 is 5.32 Å². The molecule has 1 aromatic carbocycles. The van der Waals surface area contributed by atoms with Gasteiger partial charge in [-0.05, 0) is 45.1 Å². The van der Waals surface area contributed by atoms with Crippen LogP contribution in [0.5, 0.6) is 0 Å². The summed E-state index contributed by atoms with van der Waals surface area (Å²) < 4.78 is 19.7. The van der Waals surface area contributed by atoms with Gasteiger partial charge in [-0.15, -0.1) is 0 Å². The molecule has 0 aliphatic carbocycles. The summed E-state index contributed by atoms with van der Waals surface area (Å²) in [6.07, 6.45) is 0.0539. The molecule has 0 radical (unpaired) electrons. The lowest BCUT2D eigenvalue weighted by molar-refractivity contribution is 0.0523. The van der Waals surface area contributed by atoms with Crippen molar-refractivity contribution >= 4 is 34.4 Å². The maximum Gasteiger partial charge on any atom is 0.407 e. The number of alkyl carbamates (subject to hydrolysis) is 1. The first kappa shape index (κ1) is 18.1. The highest BCUT2D eigenvalue weighted by Crippen LogP contribution is 2.22. The molecule has 5 nitrogen and oxygen atoms in total. The Morgan fingerprint density at radius 3 is 2.88 bits per heavy atom. The summed E-state index contributed by atoms with van der Waals surface area (Å²) in [5.74, 6) is -0.357. The fourth-order valence-electron chi connectivity index (χ4n) is 2.25. The Morgan fingerprint density at radius 2 is 2.21 bits per heavy atom. The maximum absolute atomic E-state index is 14.6. The molecule has 0 saturated carbocycles. The number of aromatic nitrogens is 1. The smallest absolute Gasteiger partial charge is 0.407 e. The van der Waals surface area contributed by atoms with E-state index in [0.717, 1.165) is 5.69 Å². The second-order valence-electron chi connectivity index (χ2n) is 6.37. The second kappa shape index (κ2) is 7.55. The number of rotatable bonds is 5. The number of H-pyrrole nitrogens is 1. The van der Waals surface area contributed by atoms with Crippen LogP contribution in [0.3, 0.4) is 0 Å². The number of hydrogen-bond acceptors (Lipinski definition) is 4. The average Bonchev–Trinajstić information content (AvgIpc) is 2.89. The van der Waals surface area contributed by atoms with Crippen LogP contribution in [0, 0.1) is 5.82 Å². The molecule has 128 valence electrons. The molecule has 0 aliphatic rings. The van der Waals surface area contributed by atoms with Crippen molar-refractivity contribution < 1.29 is 13.9 Å². The topological polar surface area (TPSA) is 66.5 Å². The van der Waals surface area contributed by atoms with Gasteiger partial charge in [-0.2, -0.15) is 0 Å². The molecule has 2 N–H and O–H groups in total. The third-order valence-electron chi connectivity index (χ3n) is 3.25. The molecule has 24 heavy (non-hydrogen) atoms. The van der Waals surface area contributed by atoms with Gasteiger partial charge in [-0.1, -0.05) is 6.07 Å². The monoisotopic (exact) mass is 349 g/mol. The van der Waals surface area contributed by atoms with Crippen molar-refractivity contribution in [1.82, 2.24) is 10.3 Å². The first-order chi connectivity index (χ1) is 11.3. The van der Waals surface area contributed by atoms with Gasteiger partial charge < -0.3 is 15.0 Å². The van der Waals surface area contributed by atoms with E-state index in [1.165, 1.54) is 0 Å². The lowest BCUT2D eigenvalue weighted by atomic mass is 10.1. The Bertz CT molecular complexity index is 789. The Balaban J connectivity index is 2.10. The average molecular weight is 349 g/mol. The van der Waals surface area contributed by atoms with Gasteiger partial charge in [0.25, 0.3) is 0 Å². The third-order valence-corrected chi connectivity index (χ3v) is 3.38. The van der Waals surface area contributed by atoms with Crippen LogP contribution in [0.1, 0.15) is 32.0 Å². The number of nitrogens with one attached hydrogen (secondary N) is 2. The fourth-order valence-corrected chi connectivity index (χ4v) is 2.34. The quantitative estimate of drug-likeness (QED) is 0.634. The molecule has 2 aromatic rings. The van der Waals surface area contributed by atoms with Gasteiger partial charge in [0.2, 0.25) is 0 Å². The molecule has 0 aliphatic heterocycles. The molecule has 0 atom stereocenters. The SMILES string of the molecule is CC(C)(C)OC(=O)NCc1ccc2[nH]c(CCN=C=S)cc2c1F. The number of benzene rings is 1. The minimum Gasteiger partial charge on any atom is -0.444 e. The number of aliphatic imine (C=N–C) groups is 1. The number of carbonyl (C=O) groups excluding carboxylic acids is 1. The van der Waals surface area contributed by atoms with E-state index in [4.69, 9.17) is 4.74 Å². The van der Waals surface area contributed by atoms with Gasteiger partial charge in [-0.3, -0.25) is 0 Å². The first-order valence-electron chi connectivity index (χ1n) is 7.59. The highest BCUT2D eigenvalue weighted by atomic mass is 32.1. The summed E-state index contributed by atoms with van der Waals surface area (Å²) in [6.45, 7) is 5.88. The molecule has 0 saturated heterocycles. The number of ether oxygens (including phenoxy) is 1. The summed E-state index contributed by atoms with van der Waals surface area (Å²) in [7, 11) is 0. The van der Waals surface area contributed by atoms with Crippen molar-refractivity contribution in [2.24, 2.45) is 4.99 Å². The standard InChI is InChI=1S/C17H20FN3O2S/c1-17(2,3)23-16(22)20-9-11-4-5-14-13(15(11)18)8-12(21-14)6-7-19-10-24/h4-5,8,21H,6-7,9H2,1-3H3,(H,20,22). The molecule has 0 fully saturated rings. The van der Waals surface area contributed by atoms with E-state index in [9.17, 15) is 9.18 Å². The van der Waals surface area contributed by atoms with Crippen molar-refractivity contribution in [2.75, 3.05) is 6.54 Å². The van der Waals surface area contributed by atoms with Crippen molar-refractivity contribution in [1.29, 1.82) is 0 Å². The number of amides is 1. The summed E-state index contributed by atoms with van der Waals surface area (Å²) in [5, 5.41) is 5.35. The van der Waals surface area contributed by atoms with E-state index >= 15 is 0 Å². The molecule has 0 spiro atoms. The largest absolute Gasteiger partial charge is 0.444 e. The molecule has 1 aromatic heterocycles. The number of carbonyl (C=O) groups is 1. The maximum atomic E-state index is 14.6. The molecule has 1 heterocycles. The number of nitrogens with zero attached hydrogens (tertiary/aromatic N) is 1. The van der Waals surface area contributed by atoms with Crippen molar-refractivity contribution in [3.8, 4) is 0 Å². The molecular weight excluding hydrogens is 329 g/mol. The number of halogens is 1. The predicted octanol–water partition coefficient (Wildman–Crippen LogP) is 3.98. The van der Waals surface area contributed by atoms with Crippen molar-refractivity contribution in [3.63, 3.8) is 0 Å². The Labute approximate surface area is 145 Å². The molecular formula is C17H20FN3O2S. The number of aromatic amines is 1. The zero-order valence-corrected chi connectivity index (χ0v) is 14.7. The van der Waals surface area contributed by atoms with E-state index in [1.807, 2.05) is 0 Å². The fraction of sp³-hybridized carbons (Fsp3) is 0.412. The number of fused-ring (bicyclic) bond motifs is 1. The Kier molecular flexibility index (Phi) is 5.70. The third kappa shape index (κ3) is 4.88. The van der Waals surface area contributed by atoms with Crippen LogP contribution in [0.2, 0.25) is 0 Å². The van der Waals surface area contributed by atoms with Crippen molar-refractivity contribution in [3.05, 3.63) is 35.3 Å². The number of thiocarbonyl (C=S) groups is 1. The van der Waals surface area contributed by atoms with Crippen LogP contribution in [0.15, 0.2) is 23.2 Å². The van der Waals surface area contributed by atoms with Gasteiger partial charge in [0.1, 0.15) is 11.4 Å². The van der Waals surface area contributed by atoms with Crippen molar-refractivity contribution in [2.45, 2.75) is 39.3 Å². The van der Waals surface area contributed by atoms with E-state index in [-0.39, 0.29) is 12.4 Å². The molecule has 7 heteroatoms. The molecule has 1 amide bonds. The van der Waals surface area contributed by atoms with E-state index in [1.54, 1.807) is 39.0 Å². The minimum absolute atomic E-state index is 0.0619. The summed E-state index contributed by atoms with van der Waals surface area (Å²) >= 11 is 4.52. The van der Waals surface area contributed by atoms with E-state index < -0.39 is 11.7 Å². The summed E-state index contributed by atoms with van der Waals surface area (Å²) in [5.41, 5.74) is 1.38. The van der Waals surface area contributed by atoms with E-state index in [2.05, 4.69) is 32.7 Å². The Morgan fingerprint density at radius 1 is 1.46 bits per heavy atom. The summed E-state index contributed by atoms with van der Waals surface area (Å²) in [6, 6.07) is 5.18. The van der Waals surface area contributed by atoms with Crippen LogP contribution in [-0.2, 0) is 17.7 Å². The van der Waals surface area contributed by atoms with Crippen LogP contribution in [0.4, 0.5) is 9.18 Å². The van der Waals surface area contributed by atoms with Gasteiger partial charge in [-0.25, -0.2) is 14.2 Å². The van der Waals surface area contributed by atoms with Crippen LogP contribution in [0.25, 0.3) is 10.9 Å². The van der Waals surface area contributed by atoms with Crippen LogP contribution >= 0.6 is 12.2 Å². The van der Waals surface area contributed by atoms with E-state index in [0.29, 0.717) is 29.4 Å². The highest BCUT2D eigenvalue weighted by molar-refractivity contribution is 7.78. The van der Waals surface area contributed by atoms with Gasteiger partial charge in [0.05, 0.1) is 11.7 Å².